The Morgan fingerprint density at radius 3 is 1.71 bits per heavy atom. The summed E-state index contributed by atoms with van der Waals surface area (Å²) in [5.41, 5.74) is 0. The summed E-state index contributed by atoms with van der Waals surface area (Å²) in [5.74, 6) is 0. The van der Waals surface area contributed by atoms with Crippen LogP contribution < -0.4 is 4.89 Å². The van der Waals surface area contributed by atoms with Crippen LogP contribution in [0.2, 0.25) is 0 Å². The third-order valence-electron chi connectivity index (χ3n) is 1.49. The summed E-state index contributed by atoms with van der Waals surface area (Å²) in [6.07, 6.45) is 3.30. The second-order valence-corrected chi connectivity index (χ2v) is 4.23. The van der Waals surface area contributed by atoms with Crippen molar-refractivity contribution < 1.29 is 35.3 Å². The van der Waals surface area contributed by atoms with Crippen LogP contribution in [0.5, 0.6) is 0 Å². The number of unbranched alkanes of at least 4 members (excludes halogenated alkanes) is 2. The van der Waals surface area contributed by atoms with Gasteiger partial charge in [-0.3, -0.25) is 4.57 Å². The summed E-state index contributed by atoms with van der Waals surface area (Å²) in [6.45, 7) is 4.39. The van der Waals surface area contributed by atoms with E-state index in [1.165, 1.54) is 0 Å². The average molecular weight is 268 g/mol. The Morgan fingerprint density at radius 2 is 1.43 bits per heavy atom. The van der Waals surface area contributed by atoms with E-state index < -0.39 is 7.82 Å². The fraction of sp³-hybridized carbons (Fsp3) is 1.00. The Hall–Kier alpha value is 0.616. The van der Waals surface area contributed by atoms with Crippen LogP contribution >= 0.6 is 7.82 Å². The smallest absolute Gasteiger partial charge is 0.756 e. The van der Waals surface area contributed by atoms with Gasteiger partial charge in [-0.1, -0.05) is 26.7 Å². The molecular weight excluding hydrogens is 250 g/mol. The van der Waals surface area contributed by atoms with Crippen molar-refractivity contribution in [2.45, 2.75) is 39.5 Å². The van der Waals surface area contributed by atoms with Crippen molar-refractivity contribution in [1.29, 1.82) is 0 Å². The fourth-order valence-corrected chi connectivity index (χ4v) is 1.46. The molecule has 0 aliphatic rings. The van der Waals surface area contributed by atoms with Gasteiger partial charge in [-0.05, 0) is 12.8 Å². The summed E-state index contributed by atoms with van der Waals surface area (Å²) in [7, 11) is -4.00. The molecule has 0 spiro atoms. The molecule has 14 heavy (non-hydrogen) atoms. The maximum absolute atomic E-state index is 11.0. The van der Waals surface area contributed by atoms with Gasteiger partial charge < -0.3 is 13.9 Å². The number of hydrogen-bond acceptors (Lipinski definition) is 4. The first-order valence-electron chi connectivity index (χ1n) is 4.72. The zero-order chi connectivity index (χ0) is 10.2. The van der Waals surface area contributed by atoms with Crippen LogP contribution in [0.3, 0.4) is 0 Å². The van der Waals surface area contributed by atoms with Crippen LogP contribution in [0.1, 0.15) is 39.5 Å². The third kappa shape index (κ3) is 10.7. The molecule has 0 unspecified atom stereocenters. The summed E-state index contributed by atoms with van der Waals surface area (Å²) >= 11 is 0. The van der Waals surface area contributed by atoms with E-state index in [2.05, 4.69) is 9.05 Å². The molecule has 0 amide bonds. The largest absolute Gasteiger partial charge is 2.00 e. The molecule has 6 heteroatoms. The molecule has 0 aliphatic heterocycles. The van der Waals surface area contributed by atoms with Gasteiger partial charge in [-0.25, -0.2) is 0 Å². The molecule has 0 saturated carbocycles. The number of phosphoric acid groups is 1. The Morgan fingerprint density at radius 1 is 1.07 bits per heavy atom. The standard InChI is InChI=1S/C8H19O4P.Co/c1-3-5-7-11-13(9,10)12-8-6-4-2;/h3-8H2,1-2H3,(H,9,10);/q;+2/p-1. The predicted octanol–water partition coefficient (Wildman–Crippen LogP) is 2.09. The zero-order valence-electron chi connectivity index (χ0n) is 8.66. The molecule has 0 aromatic heterocycles. The van der Waals surface area contributed by atoms with Crippen LogP contribution in [-0.4, -0.2) is 13.2 Å². The first kappa shape index (κ1) is 17.0. The molecule has 0 rings (SSSR count). The predicted molar refractivity (Wildman–Crippen MR) is 49.3 cm³/mol. The second-order valence-electron chi connectivity index (χ2n) is 2.82. The number of hydrogen-bond donors (Lipinski definition) is 0. The van der Waals surface area contributed by atoms with E-state index in [0.717, 1.165) is 25.7 Å². The SMILES string of the molecule is CCCCOP(=O)([O-])OCCCC.[Co+2]. The molecule has 0 aromatic carbocycles. The van der Waals surface area contributed by atoms with E-state index in [-0.39, 0.29) is 30.0 Å². The second kappa shape index (κ2) is 10.1. The van der Waals surface area contributed by atoms with Crippen LogP contribution in [0.4, 0.5) is 0 Å². The molecule has 0 saturated heterocycles. The monoisotopic (exact) mass is 268 g/mol. The van der Waals surface area contributed by atoms with Gasteiger partial charge in [-0.2, -0.15) is 0 Å². The topological polar surface area (TPSA) is 58.6 Å². The van der Waals surface area contributed by atoms with E-state index in [1.54, 1.807) is 0 Å². The normalized spacial score (nSPS) is 11.1. The average Bonchev–Trinajstić information content (AvgIpc) is 2.05. The van der Waals surface area contributed by atoms with E-state index in [9.17, 15) is 9.46 Å². The van der Waals surface area contributed by atoms with Crippen molar-refractivity contribution in [2.24, 2.45) is 0 Å². The maximum atomic E-state index is 11.0. The quantitative estimate of drug-likeness (QED) is 0.499. The van der Waals surface area contributed by atoms with Gasteiger partial charge in [0, 0.05) is 0 Å². The molecule has 0 heterocycles. The molecule has 0 aliphatic carbocycles. The Bertz CT molecular complexity index is 151. The van der Waals surface area contributed by atoms with Crippen molar-refractivity contribution in [1.82, 2.24) is 0 Å². The molecule has 0 bridgehead atoms. The zero-order valence-corrected chi connectivity index (χ0v) is 10.6. The molecule has 0 aromatic rings. The van der Waals surface area contributed by atoms with Gasteiger partial charge in [0.25, 0.3) is 7.82 Å². The minimum Gasteiger partial charge on any atom is -0.756 e. The van der Waals surface area contributed by atoms with E-state index in [0.29, 0.717) is 0 Å². The van der Waals surface area contributed by atoms with Crippen molar-refractivity contribution in [2.75, 3.05) is 13.2 Å². The van der Waals surface area contributed by atoms with Gasteiger partial charge in [-0.15, -0.1) is 0 Å². The van der Waals surface area contributed by atoms with Crippen molar-refractivity contribution >= 4 is 7.82 Å². The van der Waals surface area contributed by atoms with Crippen molar-refractivity contribution in [3.8, 4) is 0 Å². The summed E-state index contributed by atoms with van der Waals surface area (Å²) in [6, 6.07) is 0. The molecule has 1 radical (unpaired) electrons. The number of rotatable bonds is 8. The van der Waals surface area contributed by atoms with Crippen LogP contribution in [0, 0.1) is 0 Å². The summed E-state index contributed by atoms with van der Waals surface area (Å²) in [4.78, 5) is 11.0. The van der Waals surface area contributed by atoms with Gasteiger partial charge >= 0.3 is 16.8 Å². The minimum atomic E-state index is -4.00. The number of phosphoric ester groups is 1. The van der Waals surface area contributed by atoms with Crippen molar-refractivity contribution in [3.05, 3.63) is 0 Å². The maximum Gasteiger partial charge on any atom is 2.00 e. The molecule has 4 nitrogen and oxygen atoms in total. The van der Waals surface area contributed by atoms with Gasteiger partial charge in [0.05, 0.1) is 13.2 Å². The molecule has 0 atom stereocenters. The van der Waals surface area contributed by atoms with Crippen molar-refractivity contribution in [3.63, 3.8) is 0 Å². The third-order valence-corrected chi connectivity index (χ3v) is 2.49. The Kier molecular flexibility index (Phi) is 12.3. The first-order chi connectivity index (χ1) is 6.12. The molecular formula is C8H18CoO4P+. The van der Waals surface area contributed by atoms with Crippen LogP contribution in [0.25, 0.3) is 0 Å². The van der Waals surface area contributed by atoms with E-state index >= 15 is 0 Å². The van der Waals surface area contributed by atoms with Gasteiger partial charge in [0.1, 0.15) is 0 Å². The first-order valence-corrected chi connectivity index (χ1v) is 6.18. The van der Waals surface area contributed by atoms with E-state index in [1.807, 2.05) is 13.8 Å². The fourth-order valence-electron chi connectivity index (χ4n) is 0.679. The van der Waals surface area contributed by atoms with Gasteiger partial charge in [0.2, 0.25) is 0 Å². The van der Waals surface area contributed by atoms with Crippen LogP contribution in [-0.2, 0) is 30.4 Å². The summed E-state index contributed by atoms with van der Waals surface area (Å²) in [5, 5.41) is 0. The minimum absolute atomic E-state index is 0. The molecule has 87 valence electrons. The summed E-state index contributed by atoms with van der Waals surface area (Å²) < 4.78 is 20.2. The van der Waals surface area contributed by atoms with E-state index in [4.69, 9.17) is 0 Å². The Labute approximate surface area is 96.2 Å². The van der Waals surface area contributed by atoms with Crippen LogP contribution in [0.15, 0.2) is 0 Å². The molecule has 0 N–H and O–H groups in total. The Balaban J connectivity index is 0. The van der Waals surface area contributed by atoms with Gasteiger partial charge in [0.15, 0.2) is 0 Å². The molecule has 0 fully saturated rings.